The average Bonchev–Trinajstić information content (AvgIpc) is 3.71. The van der Waals surface area contributed by atoms with Gasteiger partial charge in [0.1, 0.15) is 41.3 Å². The van der Waals surface area contributed by atoms with Gasteiger partial charge in [-0.3, -0.25) is 19.3 Å². The van der Waals surface area contributed by atoms with E-state index in [-0.39, 0.29) is 34.0 Å². The first-order valence-corrected chi connectivity index (χ1v) is 21.5. The number of oxime groups is 1. The maximum atomic E-state index is 13.9. The topological polar surface area (TPSA) is 150 Å². The van der Waals surface area contributed by atoms with Gasteiger partial charge in [0.25, 0.3) is 11.8 Å². The number of carbonyl (C=O) groups is 3. The van der Waals surface area contributed by atoms with Crippen molar-refractivity contribution in [1.82, 2.24) is 15.2 Å². The SMILES string of the molecule is CON=C(C(=O)NC1C(=O)N2C(C(=O)O)=C(CSc3cc(=O)c4ccc(F)cc4s3)CS[C@@H]12)c1csc(NC(c2ccccc2)(c2ccccc2)c2ccccc2)n1. The summed E-state index contributed by atoms with van der Waals surface area (Å²) in [5.74, 6) is -2.61. The van der Waals surface area contributed by atoms with Gasteiger partial charge in [-0.2, -0.15) is 0 Å². The highest BCUT2D eigenvalue weighted by Crippen LogP contribution is 2.43. The molecule has 8 rings (SSSR count). The number of nitrogens with zero attached hydrogens (tertiary/aromatic N) is 3. The molecule has 16 heteroatoms. The third kappa shape index (κ3) is 7.39. The number of β-lactam (4-membered cyclic amide) rings is 1. The van der Waals surface area contributed by atoms with Crippen molar-refractivity contribution in [1.29, 1.82) is 0 Å². The summed E-state index contributed by atoms with van der Waals surface area (Å²) in [6.07, 6.45) is 0. The molecule has 0 spiro atoms. The molecule has 292 valence electrons. The third-order valence-electron chi connectivity index (χ3n) is 9.65. The van der Waals surface area contributed by atoms with Crippen molar-refractivity contribution in [3.8, 4) is 0 Å². The molecule has 0 bridgehead atoms. The van der Waals surface area contributed by atoms with Crippen LogP contribution in [0.25, 0.3) is 10.1 Å². The highest BCUT2D eigenvalue weighted by atomic mass is 32.2. The third-order valence-corrected chi connectivity index (χ3v) is 14.1. The molecule has 1 unspecified atom stereocenters. The molecule has 4 aromatic carbocycles. The van der Waals surface area contributed by atoms with Crippen molar-refractivity contribution in [2.45, 2.75) is 21.2 Å². The van der Waals surface area contributed by atoms with Crippen LogP contribution in [0.4, 0.5) is 9.52 Å². The summed E-state index contributed by atoms with van der Waals surface area (Å²) < 4.78 is 14.9. The Kier molecular flexibility index (Phi) is 11.2. The van der Waals surface area contributed by atoms with E-state index in [4.69, 9.17) is 9.82 Å². The first kappa shape index (κ1) is 39.0. The highest BCUT2D eigenvalue weighted by Gasteiger charge is 2.54. The van der Waals surface area contributed by atoms with Crippen molar-refractivity contribution in [2.24, 2.45) is 5.16 Å². The molecule has 1 fully saturated rings. The van der Waals surface area contributed by atoms with Crippen LogP contribution in [-0.4, -0.2) is 68.5 Å². The Morgan fingerprint density at radius 2 is 1.60 bits per heavy atom. The number of carboxylic acids is 1. The lowest BCUT2D eigenvalue weighted by molar-refractivity contribution is -0.150. The number of rotatable bonds is 13. The summed E-state index contributed by atoms with van der Waals surface area (Å²) in [4.78, 5) is 63.7. The van der Waals surface area contributed by atoms with E-state index in [1.807, 2.05) is 91.0 Å². The Balaban J connectivity index is 1.01. The van der Waals surface area contributed by atoms with Gasteiger partial charge in [-0.05, 0) is 40.5 Å². The summed E-state index contributed by atoms with van der Waals surface area (Å²) in [6.45, 7) is 0. The predicted octanol–water partition coefficient (Wildman–Crippen LogP) is 7.14. The Hall–Kier alpha value is -5.81. The maximum Gasteiger partial charge on any atom is 0.352 e. The number of amides is 2. The van der Waals surface area contributed by atoms with Gasteiger partial charge in [0, 0.05) is 33.0 Å². The van der Waals surface area contributed by atoms with Gasteiger partial charge in [0.05, 0.1) is 4.21 Å². The van der Waals surface area contributed by atoms with Gasteiger partial charge in [0.15, 0.2) is 16.3 Å². The van der Waals surface area contributed by atoms with Crippen molar-refractivity contribution in [3.63, 3.8) is 0 Å². The summed E-state index contributed by atoms with van der Waals surface area (Å²) in [7, 11) is 1.30. The van der Waals surface area contributed by atoms with Gasteiger partial charge in [0.2, 0.25) is 0 Å². The number of aliphatic carboxylic acids is 1. The molecule has 0 aliphatic carbocycles. The molecular weight excluding hydrogens is 818 g/mol. The summed E-state index contributed by atoms with van der Waals surface area (Å²) in [5.41, 5.74) is 2.12. The van der Waals surface area contributed by atoms with E-state index in [9.17, 15) is 28.7 Å². The van der Waals surface area contributed by atoms with Gasteiger partial charge in [-0.25, -0.2) is 14.2 Å². The zero-order chi connectivity index (χ0) is 40.4. The lowest BCUT2D eigenvalue weighted by Crippen LogP contribution is -2.71. The molecule has 58 heavy (non-hydrogen) atoms. The number of carboxylic acid groups (broad SMARTS) is 1. The molecule has 4 heterocycles. The second-order valence-electron chi connectivity index (χ2n) is 13.1. The number of anilines is 1. The van der Waals surface area contributed by atoms with E-state index >= 15 is 0 Å². The highest BCUT2D eigenvalue weighted by molar-refractivity contribution is 8.02. The molecule has 11 nitrogen and oxygen atoms in total. The molecular formula is C42H32FN5O6S4. The number of benzene rings is 4. The van der Waals surface area contributed by atoms with Gasteiger partial charge < -0.3 is 20.6 Å². The minimum Gasteiger partial charge on any atom is -0.477 e. The van der Waals surface area contributed by atoms with Crippen LogP contribution < -0.4 is 16.1 Å². The van der Waals surface area contributed by atoms with Crippen LogP contribution in [0.5, 0.6) is 0 Å². The van der Waals surface area contributed by atoms with Crippen LogP contribution in [0.1, 0.15) is 22.4 Å². The molecule has 2 aromatic heterocycles. The lowest BCUT2D eigenvalue weighted by Gasteiger charge is -2.49. The summed E-state index contributed by atoms with van der Waals surface area (Å²) >= 11 is 5.06. The molecule has 2 atom stereocenters. The van der Waals surface area contributed by atoms with Gasteiger partial charge >= 0.3 is 5.97 Å². The number of halogens is 1. The zero-order valence-electron chi connectivity index (χ0n) is 30.5. The van der Waals surface area contributed by atoms with Crippen molar-refractivity contribution < 1.29 is 28.7 Å². The fourth-order valence-corrected chi connectivity index (χ4v) is 11.5. The minimum atomic E-state index is -1.28. The number of hydrogen-bond acceptors (Lipinski definition) is 12. The predicted molar refractivity (Wildman–Crippen MR) is 227 cm³/mol. The van der Waals surface area contributed by atoms with Crippen LogP contribution in [0.2, 0.25) is 0 Å². The number of nitrogens with one attached hydrogen (secondary N) is 2. The Labute approximate surface area is 347 Å². The normalized spacial score (nSPS) is 16.8. The standard InChI is InChI=1S/C42H32FN5O6S4/c1-54-47-34(30-23-57-41(44-30)46-42(25-11-5-2-6-12-25,26-13-7-3-8-14-26)27-15-9-4-10-16-27)37(50)45-35-38(51)48-36(40(52)53)24(22-56-39(35)48)21-55-33-20-31(49)29-18-17-28(43)19-32(29)58-33/h2-20,23,35,39H,21-22H2,1H3,(H,44,46)(H,45,50)(H,52,53)/t35?,39-/m0/s1. The Bertz CT molecular complexity index is 2560. The van der Waals surface area contributed by atoms with Crippen molar-refractivity contribution in [3.05, 3.63) is 170 Å². The molecule has 3 N–H and O–H groups in total. The largest absolute Gasteiger partial charge is 0.477 e. The first-order chi connectivity index (χ1) is 28.2. The van der Waals surface area contributed by atoms with Crippen LogP contribution >= 0.6 is 46.2 Å². The molecule has 2 aliphatic rings. The molecule has 0 radical (unpaired) electrons. The Morgan fingerprint density at radius 1 is 0.966 bits per heavy atom. The number of hydrogen-bond donors (Lipinski definition) is 3. The molecule has 1 saturated heterocycles. The van der Waals surface area contributed by atoms with E-state index in [1.165, 1.54) is 82.5 Å². The van der Waals surface area contributed by atoms with Crippen LogP contribution in [-0.2, 0) is 24.8 Å². The summed E-state index contributed by atoms with van der Waals surface area (Å²) in [5, 5.41) is 22.5. The molecule has 6 aromatic rings. The van der Waals surface area contributed by atoms with Crippen molar-refractivity contribution >= 4 is 84.9 Å². The number of thioether (sulfide) groups is 2. The Morgan fingerprint density at radius 3 is 2.21 bits per heavy atom. The van der Waals surface area contributed by atoms with Crippen LogP contribution in [0, 0.1) is 5.82 Å². The summed E-state index contributed by atoms with van der Waals surface area (Å²) in [6, 6.07) is 34.3. The number of carbonyl (C=O) groups excluding carboxylic acids is 2. The monoisotopic (exact) mass is 849 g/mol. The number of fused-ring (bicyclic) bond motifs is 2. The van der Waals surface area contributed by atoms with Gasteiger partial charge in [-0.15, -0.1) is 46.2 Å². The van der Waals surface area contributed by atoms with E-state index in [0.29, 0.717) is 25.0 Å². The number of aromatic nitrogens is 1. The minimum absolute atomic E-state index is 0.161. The van der Waals surface area contributed by atoms with E-state index in [1.54, 1.807) is 5.38 Å². The molecule has 0 saturated carbocycles. The molecule has 2 amide bonds. The average molecular weight is 850 g/mol. The van der Waals surface area contributed by atoms with E-state index in [0.717, 1.165) is 16.7 Å². The first-order valence-electron chi connectivity index (χ1n) is 17.8. The smallest absolute Gasteiger partial charge is 0.352 e. The number of thiazole rings is 1. The van der Waals surface area contributed by atoms with Crippen LogP contribution in [0.3, 0.4) is 0 Å². The second-order valence-corrected chi connectivity index (χ2v) is 17.4. The van der Waals surface area contributed by atoms with E-state index in [2.05, 4.69) is 15.8 Å². The lowest BCUT2D eigenvalue weighted by atomic mass is 9.77. The molecule has 2 aliphatic heterocycles. The maximum absolute atomic E-state index is 13.9. The van der Waals surface area contributed by atoms with Crippen molar-refractivity contribution in [2.75, 3.05) is 23.9 Å². The fraction of sp³-hybridized carbons (Fsp3) is 0.143. The quantitative estimate of drug-likeness (QED) is 0.0360. The second kappa shape index (κ2) is 16.6. The fourth-order valence-electron chi connectivity index (χ4n) is 7.02. The van der Waals surface area contributed by atoms with Gasteiger partial charge in [-0.1, -0.05) is 96.2 Å². The van der Waals surface area contributed by atoms with Crippen LogP contribution in [0.15, 0.2) is 146 Å². The van der Waals surface area contributed by atoms with E-state index < -0.39 is 40.6 Å². The zero-order valence-corrected chi connectivity index (χ0v) is 33.7.